The number of aromatic nitrogens is 2. The quantitative estimate of drug-likeness (QED) is 0.689. The maximum Gasteiger partial charge on any atom is 0.320 e. The van der Waals surface area contributed by atoms with E-state index in [1.165, 1.54) is 0 Å². The Bertz CT molecular complexity index is 561. The standard InChI is InChI=1S/C10H7ClF3N3O/c11-2-1-9-16-17-10(18-9)15-8-4-6(13)5(12)3-7(8)14/h3-4H,1-2H2,(H,15,17). The monoisotopic (exact) mass is 277 g/mol. The molecule has 0 radical (unpaired) electrons. The summed E-state index contributed by atoms with van der Waals surface area (Å²) in [5.74, 6) is -2.87. The minimum atomic E-state index is -1.27. The molecule has 0 aliphatic heterocycles. The van der Waals surface area contributed by atoms with Gasteiger partial charge in [-0.1, -0.05) is 5.10 Å². The largest absolute Gasteiger partial charge is 0.408 e. The molecular formula is C10H7ClF3N3O. The van der Waals surface area contributed by atoms with Crippen LogP contribution in [0.3, 0.4) is 0 Å². The van der Waals surface area contributed by atoms with Crippen LogP contribution < -0.4 is 5.32 Å². The summed E-state index contributed by atoms with van der Waals surface area (Å²) in [5, 5.41) is 9.53. The van der Waals surface area contributed by atoms with Gasteiger partial charge in [0.25, 0.3) is 0 Å². The van der Waals surface area contributed by atoms with Crippen molar-refractivity contribution in [3.8, 4) is 0 Å². The van der Waals surface area contributed by atoms with E-state index in [4.69, 9.17) is 16.0 Å². The van der Waals surface area contributed by atoms with Crippen molar-refractivity contribution in [3.63, 3.8) is 0 Å². The van der Waals surface area contributed by atoms with Gasteiger partial charge in [-0.2, -0.15) is 0 Å². The first kappa shape index (κ1) is 12.7. The number of nitrogens with zero attached hydrogens (tertiary/aromatic N) is 2. The molecule has 2 aromatic rings. The van der Waals surface area contributed by atoms with Crippen LogP contribution in [-0.4, -0.2) is 16.1 Å². The summed E-state index contributed by atoms with van der Waals surface area (Å²) >= 11 is 5.47. The Hall–Kier alpha value is -1.76. The fourth-order valence-electron chi connectivity index (χ4n) is 1.22. The predicted octanol–water partition coefficient (Wildman–Crippen LogP) is 3.01. The third kappa shape index (κ3) is 2.73. The van der Waals surface area contributed by atoms with Crippen LogP contribution in [0.4, 0.5) is 24.9 Å². The number of hydrogen-bond acceptors (Lipinski definition) is 4. The highest BCUT2D eigenvalue weighted by Crippen LogP contribution is 2.22. The molecule has 0 atom stereocenters. The number of alkyl halides is 1. The highest BCUT2D eigenvalue weighted by atomic mass is 35.5. The summed E-state index contributed by atoms with van der Waals surface area (Å²) in [5.41, 5.74) is -0.296. The number of anilines is 2. The van der Waals surface area contributed by atoms with Gasteiger partial charge in [-0.3, -0.25) is 0 Å². The third-order valence-electron chi connectivity index (χ3n) is 2.03. The van der Waals surface area contributed by atoms with Gasteiger partial charge < -0.3 is 9.73 Å². The summed E-state index contributed by atoms with van der Waals surface area (Å²) in [7, 11) is 0. The van der Waals surface area contributed by atoms with Gasteiger partial charge in [-0.25, -0.2) is 13.2 Å². The Balaban J connectivity index is 2.20. The Morgan fingerprint density at radius 3 is 2.56 bits per heavy atom. The van der Waals surface area contributed by atoms with Crippen molar-refractivity contribution < 1.29 is 17.6 Å². The number of aryl methyl sites for hydroxylation is 1. The summed E-state index contributed by atoms with van der Waals surface area (Å²) < 4.78 is 44.0. The van der Waals surface area contributed by atoms with E-state index in [2.05, 4.69) is 15.5 Å². The lowest BCUT2D eigenvalue weighted by atomic mass is 10.3. The van der Waals surface area contributed by atoms with E-state index in [-0.39, 0.29) is 17.6 Å². The van der Waals surface area contributed by atoms with E-state index in [0.29, 0.717) is 24.4 Å². The zero-order valence-corrected chi connectivity index (χ0v) is 9.64. The topological polar surface area (TPSA) is 51.0 Å². The van der Waals surface area contributed by atoms with E-state index in [1.807, 2.05) is 0 Å². The molecule has 0 unspecified atom stereocenters. The summed E-state index contributed by atoms with van der Waals surface area (Å²) in [6, 6.07) is 0.962. The van der Waals surface area contributed by atoms with Crippen molar-refractivity contribution in [3.05, 3.63) is 35.5 Å². The van der Waals surface area contributed by atoms with Crippen LogP contribution in [0.1, 0.15) is 5.89 Å². The van der Waals surface area contributed by atoms with Crippen LogP contribution in [0.5, 0.6) is 0 Å². The number of halogens is 4. The van der Waals surface area contributed by atoms with Gasteiger partial charge in [0, 0.05) is 24.4 Å². The summed E-state index contributed by atoms with van der Waals surface area (Å²) in [6.45, 7) is 0. The lowest BCUT2D eigenvalue weighted by Gasteiger charge is -2.03. The molecule has 96 valence electrons. The molecule has 0 amide bonds. The lowest BCUT2D eigenvalue weighted by molar-refractivity contribution is 0.494. The molecule has 1 aromatic heterocycles. The first-order chi connectivity index (χ1) is 8.60. The highest BCUT2D eigenvalue weighted by molar-refractivity contribution is 6.17. The molecule has 1 heterocycles. The predicted molar refractivity (Wildman–Crippen MR) is 58.3 cm³/mol. The van der Waals surface area contributed by atoms with Crippen LogP contribution >= 0.6 is 11.6 Å². The fraction of sp³-hybridized carbons (Fsp3) is 0.200. The van der Waals surface area contributed by atoms with E-state index < -0.39 is 17.5 Å². The second-order valence-corrected chi connectivity index (χ2v) is 3.69. The first-order valence-electron chi connectivity index (χ1n) is 4.90. The van der Waals surface area contributed by atoms with E-state index >= 15 is 0 Å². The second-order valence-electron chi connectivity index (χ2n) is 3.31. The zero-order chi connectivity index (χ0) is 13.1. The smallest absolute Gasteiger partial charge is 0.320 e. The van der Waals surface area contributed by atoms with Crippen molar-refractivity contribution in [1.82, 2.24) is 10.2 Å². The van der Waals surface area contributed by atoms with E-state index in [9.17, 15) is 13.2 Å². The Kier molecular flexibility index (Phi) is 3.71. The van der Waals surface area contributed by atoms with Crippen LogP contribution in [-0.2, 0) is 6.42 Å². The molecule has 8 heteroatoms. The molecule has 4 nitrogen and oxygen atoms in total. The van der Waals surface area contributed by atoms with Gasteiger partial charge in [-0.05, 0) is 0 Å². The zero-order valence-electron chi connectivity index (χ0n) is 8.88. The third-order valence-corrected chi connectivity index (χ3v) is 2.22. The molecule has 1 aromatic carbocycles. The normalized spacial score (nSPS) is 10.7. The van der Waals surface area contributed by atoms with Crippen molar-refractivity contribution in [2.75, 3.05) is 11.2 Å². The lowest BCUT2D eigenvalue weighted by Crippen LogP contribution is -1.97. The Morgan fingerprint density at radius 1 is 1.11 bits per heavy atom. The molecule has 0 saturated heterocycles. The number of rotatable bonds is 4. The van der Waals surface area contributed by atoms with Crippen LogP contribution in [0.25, 0.3) is 0 Å². The highest BCUT2D eigenvalue weighted by Gasteiger charge is 2.12. The van der Waals surface area contributed by atoms with Crippen molar-refractivity contribution in [2.45, 2.75) is 6.42 Å². The maximum absolute atomic E-state index is 13.3. The second kappa shape index (κ2) is 5.26. The molecule has 0 fully saturated rings. The van der Waals surface area contributed by atoms with Crippen LogP contribution in [0.15, 0.2) is 16.5 Å². The molecule has 0 aliphatic carbocycles. The van der Waals surface area contributed by atoms with Gasteiger partial charge >= 0.3 is 6.01 Å². The fourth-order valence-corrected chi connectivity index (χ4v) is 1.38. The van der Waals surface area contributed by atoms with Gasteiger partial charge in [0.2, 0.25) is 5.89 Å². The molecular weight excluding hydrogens is 271 g/mol. The van der Waals surface area contributed by atoms with Crippen LogP contribution in [0, 0.1) is 17.5 Å². The molecule has 2 rings (SSSR count). The molecule has 0 bridgehead atoms. The molecule has 0 aliphatic rings. The van der Waals surface area contributed by atoms with Gasteiger partial charge in [-0.15, -0.1) is 16.7 Å². The average Bonchev–Trinajstić information content (AvgIpc) is 2.74. The first-order valence-corrected chi connectivity index (χ1v) is 5.43. The van der Waals surface area contributed by atoms with Gasteiger partial charge in [0.15, 0.2) is 11.6 Å². The molecule has 1 N–H and O–H groups in total. The number of benzene rings is 1. The number of nitrogens with one attached hydrogen (secondary N) is 1. The minimum absolute atomic E-state index is 0.125. The maximum atomic E-state index is 13.3. The minimum Gasteiger partial charge on any atom is -0.408 e. The number of hydrogen-bond donors (Lipinski definition) is 1. The molecule has 18 heavy (non-hydrogen) atoms. The van der Waals surface area contributed by atoms with Gasteiger partial charge in [0.05, 0.1) is 5.69 Å². The average molecular weight is 278 g/mol. The summed E-state index contributed by atoms with van der Waals surface area (Å²) in [4.78, 5) is 0. The van der Waals surface area contributed by atoms with Crippen LogP contribution in [0.2, 0.25) is 0 Å². The Labute approximate surface area is 105 Å². The SMILES string of the molecule is Fc1cc(F)c(Nc2nnc(CCCl)o2)cc1F. The van der Waals surface area contributed by atoms with Crippen molar-refractivity contribution in [1.29, 1.82) is 0 Å². The van der Waals surface area contributed by atoms with Crippen molar-refractivity contribution in [2.24, 2.45) is 0 Å². The Morgan fingerprint density at radius 2 is 1.83 bits per heavy atom. The molecule has 0 spiro atoms. The summed E-state index contributed by atoms with van der Waals surface area (Å²) in [6.07, 6.45) is 0.358. The van der Waals surface area contributed by atoms with E-state index in [1.54, 1.807) is 0 Å². The van der Waals surface area contributed by atoms with Crippen molar-refractivity contribution >= 4 is 23.3 Å². The van der Waals surface area contributed by atoms with E-state index in [0.717, 1.165) is 0 Å². The van der Waals surface area contributed by atoms with Gasteiger partial charge in [0.1, 0.15) is 5.82 Å². The molecule has 0 saturated carbocycles.